The van der Waals surface area contributed by atoms with Crippen molar-refractivity contribution in [3.8, 4) is 23.0 Å². The summed E-state index contributed by atoms with van der Waals surface area (Å²) in [5, 5.41) is 12.7. The van der Waals surface area contributed by atoms with Gasteiger partial charge in [-0.15, -0.1) is 15.3 Å². The lowest BCUT2D eigenvalue weighted by Crippen LogP contribution is -2.28. The summed E-state index contributed by atoms with van der Waals surface area (Å²) < 4.78 is 52.9. The molecule has 0 fully saturated rings. The minimum absolute atomic E-state index is 0.00337. The molecule has 0 saturated carbocycles. The Bertz CT molecular complexity index is 1370. The maximum atomic E-state index is 13.4. The number of nitrogens with zero attached hydrogens (tertiary/aromatic N) is 4. The van der Waals surface area contributed by atoms with Crippen molar-refractivity contribution in [3.63, 3.8) is 0 Å². The van der Waals surface area contributed by atoms with Crippen molar-refractivity contribution in [2.45, 2.75) is 11.8 Å². The Morgan fingerprint density at radius 3 is 2.72 bits per heavy atom. The first-order valence-electron chi connectivity index (χ1n) is 9.63. The standard InChI is InChI=1S/C21H20FN5O4S/c1-14-12-17(6-7-18(14)22)32(28,29)23-10-11-31-20-9-8-19-24-25-21(27(19)26-20)15-4-3-5-16(13-15)30-2/h3-9,12-13,23H,10-11H2,1-2H3. The van der Waals surface area contributed by atoms with Gasteiger partial charge in [0.15, 0.2) is 11.5 Å². The number of methoxy groups -OCH3 is 1. The second kappa shape index (κ2) is 8.89. The molecule has 2 aromatic heterocycles. The van der Waals surface area contributed by atoms with E-state index in [-0.39, 0.29) is 29.5 Å². The van der Waals surface area contributed by atoms with Crippen LogP contribution in [0.15, 0.2) is 59.5 Å². The number of ether oxygens (including phenoxy) is 2. The molecule has 0 unspecified atom stereocenters. The van der Waals surface area contributed by atoms with Gasteiger partial charge in [0.05, 0.1) is 12.0 Å². The fraction of sp³-hybridized carbons (Fsp3) is 0.190. The largest absolute Gasteiger partial charge is 0.497 e. The van der Waals surface area contributed by atoms with Gasteiger partial charge >= 0.3 is 0 Å². The van der Waals surface area contributed by atoms with E-state index in [0.717, 1.165) is 11.6 Å². The number of hydrogen-bond acceptors (Lipinski definition) is 7. The maximum absolute atomic E-state index is 13.4. The highest BCUT2D eigenvalue weighted by Crippen LogP contribution is 2.23. The summed E-state index contributed by atoms with van der Waals surface area (Å²) in [6.07, 6.45) is 0. The molecule has 0 aliphatic heterocycles. The van der Waals surface area contributed by atoms with Crippen molar-refractivity contribution in [1.29, 1.82) is 0 Å². The van der Waals surface area contributed by atoms with Gasteiger partial charge in [0.25, 0.3) is 0 Å². The molecule has 4 aromatic rings. The van der Waals surface area contributed by atoms with Crippen LogP contribution in [0.25, 0.3) is 17.0 Å². The molecule has 0 aliphatic carbocycles. The van der Waals surface area contributed by atoms with E-state index in [9.17, 15) is 12.8 Å². The van der Waals surface area contributed by atoms with E-state index >= 15 is 0 Å². The zero-order chi connectivity index (χ0) is 22.7. The van der Waals surface area contributed by atoms with E-state index in [2.05, 4.69) is 20.0 Å². The lowest BCUT2D eigenvalue weighted by Gasteiger charge is -2.09. The lowest BCUT2D eigenvalue weighted by atomic mass is 10.2. The molecule has 1 N–H and O–H groups in total. The van der Waals surface area contributed by atoms with Crippen LogP contribution in [0.1, 0.15) is 5.56 Å². The molecule has 0 amide bonds. The maximum Gasteiger partial charge on any atom is 0.240 e. The molecule has 0 bridgehead atoms. The van der Waals surface area contributed by atoms with Gasteiger partial charge in [-0.25, -0.2) is 17.5 Å². The van der Waals surface area contributed by atoms with Crippen LogP contribution in [0.3, 0.4) is 0 Å². The molecule has 0 spiro atoms. The molecule has 0 atom stereocenters. The molecular weight excluding hydrogens is 437 g/mol. The molecule has 0 aliphatic rings. The third-order valence-electron chi connectivity index (χ3n) is 4.65. The second-order valence-corrected chi connectivity index (χ2v) is 8.62. The predicted octanol–water partition coefficient (Wildman–Crippen LogP) is 2.60. The summed E-state index contributed by atoms with van der Waals surface area (Å²) in [5.74, 6) is 1.00. The number of rotatable bonds is 8. The average molecular weight is 457 g/mol. The minimum Gasteiger partial charge on any atom is -0.497 e. The van der Waals surface area contributed by atoms with Crippen LogP contribution in [0.5, 0.6) is 11.6 Å². The van der Waals surface area contributed by atoms with Gasteiger partial charge in [-0.05, 0) is 48.9 Å². The van der Waals surface area contributed by atoms with Crippen LogP contribution in [0.2, 0.25) is 0 Å². The van der Waals surface area contributed by atoms with E-state index in [1.54, 1.807) is 19.2 Å². The molecule has 0 saturated heterocycles. The van der Waals surface area contributed by atoms with Crippen molar-refractivity contribution >= 4 is 15.7 Å². The first kappa shape index (κ1) is 21.7. The van der Waals surface area contributed by atoms with Gasteiger partial charge in [-0.1, -0.05) is 12.1 Å². The first-order chi connectivity index (χ1) is 15.4. The number of halogens is 1. The van der Waals surface area contributed by atoms with Crippen LogP contribution in [0, 0.1) is 12.7 Å². The van der Waals surface area contributed by atoms with Crippen LogP contribution < -0.4 is 14.2 Å². The van der Waals surface area contributed by atoms with Crippen LogP contribution in [0.4, 0.5) is 4.39 Å². The summed E-state index contributed by atoms with van der Waals surface area (Å²) in [6, 6.07) is 14.3. The molecule has 0 radical (unpaired) electrons. The average Bonchev–Trinajstić information content (AvgIpc) is 3.22. The number of hydrogen-bond donors (Lipinski definition) is 1. The highest BCUT2D eigenvalue weighted by molar-refractivity contribution is 7.89. The van der Waals surface area contributed by atoms with Gasteiger partial charge in [0, 0.05) is 18.2 Å². The van der Waals surface area contributed by atoms with Gasteiger partial charge < -0.3 is 9.47 Å². The molecule has 2 aromatic carbocycles. The Hall–Kier alpha value is -3.57. The third kappa shape index (κ3) is 4.53. The normalized spacial score (nSPS) is 11.6. The summed E-state index contributed by atoms with van der Waals surface area (Å²) in [7, 11) is -2.20. The van der Waals surface area contributed by atoms with E-state index < -0.39 is 15.8 Å². The van der Waals surface area contributed by atoms with Crippen molar-refractivity contribution < 1.29 is 22.3 Å². The monoisotopic (exact) mass is 457 g/mol. The van der Waals surface area contributed by atoms with Crippen molar-refractivity contribution in [1.82, 2.24) is 24.5 Å². The smallest absolute Gasteiger partial charge is 0.240 e. The van der Waals surface area contributed by atoms with Crippen LogP contribution in [-0.4, -0.2) is 48.5 Å². The highest BCUT2D eigenvalue weighted by atomic mass is 32.2. The molecule has 32 heavy (non-hydrogen) atoms. The van der Waals surface area contributed by atoms with Gasteiger partial charge in [-0.2, -0.15) is 4.52 Å². The lowest BCUT2D eigenvalue weighted by molar-refractivity contribution is 0.306. The number of fused-ring (bicyclic) bond motifs is 1. The Morgan fingerprint density at radius 1 is 1.09 bits per heavy atom. The molecule has 4 rings (SSSR count). The van der Waals surface area contributed by atoms with Crippen LogP contribution >= 0.6 is 0 Å². The quantitative estimate of drug-likeness (QED) is 0.405. The van der Waals surface area contributed by atoms with Gasteiger partial charge in [-0.3, -0.25) is 0 Å². The number of nitrogens with one attached hydrogen (secondary N) is 1. The molecular formula is C21H20FN5O4S. The summed E-state index contributed by atoms with van der Waals surface area (Å²) in [5.41, 5.74) is 1.55. The number of aryl methyl sites for hydroxylation is 1. The predicted molar refractivity (Wildman–Crippen MR) is 115 cm³/mol. The Balaban J connectivity index is 1.44. The zero-order valence-electron chi connectivity index (χ0n) is 17.3. The van der Waals surface area contributed by atoms with Gasteiger partial charge in [0.1, 0.15) is 18.2 Å². The van der Waals surface area contributed by atoms with Gasteiger partial charge in [0.2, 0.25) is 15.9 Å². The number of aromatic nitrogens is 4. The summed E-state index contributed by atoms with van der Waals surface area (Å²) >= 11 is 0. The zero-order valence-corrected chi connectivity index (χ0v) is 18.1. The second-order valence-electron chi connectivity index (χ2n) is 6.85. The Kier molecular flexibility index (Phi) is 6.01. The third-order valence-corrected chi connectivity index (χ3v) is 6.11. The molecule has 11 heteroatoms. The fourth-order valence-electron chi connectivity index (χ4n) is 2.99. The summed E-state index contributed by atoms with van der Waals surface area (Å²) in [4.78, 5) is -0.0108. The SMILES string of the molecule is COc1cccc(-c2nnc3ccc(OCCNS(=O)(=O)c4ccc(F)c(C)c4)nn23)c1. The minimum atomic E-state index is -3.78. The van der Waals surface area contributed by atoms with E-state index in [1.807, 2.05) is 24.3 Å². The number of sulfonamides is 1. The first-order valence-corrected chi connectivity index (χ1v) is 11.1. The topological polar surface area (TPSA) is 108 Å². The molecule has 166 valence electrons. The number of benzene rings is 2. The van der Waals surface area contributed by atoms with E-state index in [0.29, 0.717) is 17.2 Å². The van der Waals surface area contributed by atoms with E-state index in [1.165, 1.54) is 23.6 Å². The fourth-order valence-corrected chi connectivity index (χ4v) is 4.09. The van der Waals surface area contributed by atoms with E-state index in [4.69, 9.17) is 9.47 Å². The van der Waals surface area contributed by atoms with Crippen molar-refractivity contribution in [2.24, 2.45) is 0 Å². The molecule has 2 heterocycles. The van der Waals surface area contributed by atoms with Crippen molar-refractivity contribution in [2.75, 3.05) is 20.3 Å². The van der Waals surface area contributed by atoms with Crippen molar-refractivity contribution in [3.05, 3.63) is 66.0 Å². The summed E-state index contributed by atoms with van der Waals surface area (Å²) in [6.45, 7) is 1.54. The Labute approximate surface area is 183 Å². The Morgan fingerprint density at radius 2 is 1.94 bits per heavy atom. The molecule has 9 nitrogen and oxygen atoms in total. The van der Waals surface area contributed by atoms with Crippen LogP contribution in [-0.2, 0) is 10.0 Å². The highest BCUT2D eigenvalue weighted by Gasteiger charge is 2.15.